The number of amides is 1. The molecule has 1 aliphatic rings. The van der Waals surface area contributed by atoms with Crippen molar-refractivity contribution in [3.8, 4) is 0 Å². The monoisotopic (exact) mass is 573 g/mol. The normalized spacial score (nSPS) is 16.8. The van der Waals surface area contributed by atoms with Gasteiger partial charge in [-0.25, -0.2) is 17.2 Å². The van der Waals surface area contributed by atoms with Crippen molar-refractivity contribution in [3.05, 3.63) is 95.0 Å². The van der Waals surface area contributed by atoms with Crippen molar-refractivity contribution in [2.75, 3.05) is 5.01 Å². The number of carbonyl (C=O) groups is 1. The molecule has 0 fully saturated rings. The third-order valence-electron chi connectivity index (χ3n) is 6.09. The van der Waals surface area contributed by atoms with Crippen LogP contribution in [0.2, 0.25) is 5.02 Å². The summed E-state index contributed by atoms with van der Waals surface area (Å²) in [5.74, 6) is -2.30. The molecule has 1 heterocycles. The number of anilines is 1. The number of nitrogens with one attached hydrogen (secondary N) is 1. The lowest BCUT2D eigenvalue weighted by Gasteiger charge is -2.24. The fourth-order valence-corrected chi connectivity index (χ4v) is 5.28. The van der Waals surface area contributed by atoms with Gasteiger partial charge in [-0.15, -0.1) is 0 Å². The molecule has 0 bridgehead atoms. The molecule has 204 valence electrons. The van der Waals surface area contributed by atoms with Gasteiger partial charge in [0.2, 0.25) is 5.91 Å². The van der Waals surface area contributed by atoms with Gasteiger partial charge in [0.05, 0.1) is 16.6 Å². The van der Waals surface area contributed by atoms with E-state index in [-0.39, 0.29) is 34.3 Å². The standard InChI is InChI=1S/C27H26ClF2N5O3S/c1-16(2)25(26(31)36)32-27(34-39(37,38)20-13-7-17(28)8-14-20)23-15-24(21-5-3-4-6-22(21)30)35(33-23)19-11-9-18(29)10-12-19/h3-14,16,24-25H,15H2,1-2H3,(H2,31,36)(H,32,34)/t24-,25+/m1/s1. The summed E-state index contributed by atoms with van der Waals surface area (Å²) in [5, 5.41) is 6.39. The first-order valence-electron chi connectivity index (χ1n) is 12.0. The molecular formula is C27H26ClF2N5O3S. The molecule has 3 aromatic rings. The van der Waals surface area contributed by atoms with E-state index in [0.29, 0.717) is 10.7 Å². The van der Waals surface area contributed by atoms with Crippen molar-refractivity contribution < 1.29 is 22.0 Å². The molecule has 0 aliphatic carbocycles. The van der Waals surface area contributed by atoms with Crippen molar-refractivity contribution >= 4 is 44.8 Å². The molecule has 8 nitrogen and oxygen atoms in total. The van der Waals surface area contributed by atoms with Crippen molar-refractivity contribution in [2.24, 2.45) is 21.7 Å². The van der Waals surface area contributed by atoms with Crippen molar-refractivity contribution in [1.82, 2.24) is 4.72 Å². The number of halogens is 3. The Kier molecular flexibility index (Phi) is 8.31. The van der Waals surface area contributed by atoms with Crippen LogP contribution in [0.5, 0.6) is 0 Å². The Balaban J connectivity index is 1.83. The maximum Gasteiger partial charge on any atom is 0.263 e. The van der Waals surface area contributed by atoms with Gasteiger partial charge < -0.3 is 5.73 Å². The van der Waals surface area contributed by atoms with Crippen LogP contribution in [0.4, 0.5) is 14.5 Å². The fraction of sp³-hybridized carbons (Fsp3) is 0.222. The van der Waals surface area contributed by atoms with E-state index in [1.165, 1.54) is 59.6 Å². The van der Waals surface area contributed by atoms with Gasteiger partial charge in [0, 0.05) is 17.0 Å². The number of carbonyl (C=O) groups excluding carboxylic acids is 1. The van der Waals surface area contributed by atoms with Crippen molar-refractivity contribution in [1.29, 1.82) is 0 Å². The van der Waals surface area contributed by atoms with Crippen LogP contribution >= 0.6 is 11.6 Å². The number of hydrogen-bond acceptors (Lipinski definition) is 6. The van der Waals surface area contributed by atoms with Gasteiger partial charge in [0.15, 0.2) is 5.84 Å². The van der Waals surface area contributed by atoms with E-state index in [2.05, 4.69) is 14.8 Å². The van der Waals surface area contributed by atoms with E-state index < -0.39 is 39.6 Å². The zero-order valence-electron chi connectivity index (χ0n) is 21.1. The molecule has 0 saturated carbocycles. The molecule has 12 heteroatoms. The maximum atomic E-state index is 14.9. The lowest BCUT2D eigenvalue weighted by Crippen LogP contribution is -2.40. The highest BCUT2D eigenvalue weighted by molar-refractivity contribution is 7.90. The lowest BCUT2D eigenvalue weighted by atomic mass is 10.00. The predicted octanol–water partition coefficient (Wildman–Crippen LogP) is 4.81. The van der Waals surface area contributed by atoms with Crippen molar-refractivity contribution in [3.63, 3.8) is 0 Å². The molecule has 4 rings (SSSR count). The number of amidine groups is 1. The molecule has 2 atom stereocenters. The second kappa shape index (κ2) is 11.5. The molecular weight excluding hydrogens is 548 g/mol. The van der Waals surface area contributed by atoms with E-state index in [1.807, 2.05) is 0 Å². The summed E-state index contributed by atoms with van der Waals surface area (Å²) >= 11 is 5.91. The van der Waals surface area contributed by atoms with Crippen LogP contribution in [0.15, 0.2) is 87.8 Å². The second-order valence-corrected chi connectivity index (χ2v) is 11.4. The first-order chi connectivity index (χ1) is 18.5. The Morgan fingerprint density at radius 3 is 2.31 bits per heavy atom. The van der Waals surface area contributed by atoms with Crippen LogP contribution < -0.4 is 15.5 Å². The minimum absolute atomic E-state index is 0.0177. The third-order valence-corrected chi connectivity index (χ3v) is 7.69. The number of nitrogens with zero attached hydrogens (tertiary/aromatic N) is 3. The molecule has 0 aromatic heterocycles. The summed E-state index contributed by atoms with van der Waals surface area (Å²) in [4.78, 5) is 16.5. The van der Waals surface area contributed by atoms with E-state index in [4.69, 9.17) is 17.3 Å². The van der Waals surface area contributed by atoms with Gasteiger partial charge in [-0.3, -0.25) is 19.5 Å². The zero-order valence-corrected chi connectivity index (χ0v) is 22.6. The molecule has 0 spiro atoms. The molecule has 1 amide bonds. The summed E-state index contributed by atoms with van der Waals surface area (Å²) in [6.07, 6.45) is 0.0177. The van der Waals surface area contributed by atoms with Gasteiger partial charge in [0.1, 0.15) is 23.4 Å². The van der Waals surface area contributed by atoms with Gasteiger partial charge in [-0.2, -0.15) is 5.10 Å². The SMILES string of the molecule is CC(C)[C@H](N=C(NS(=O)(=O)c1ccc(Cl)cc1)C1=NN(c2ccc(F)cc2)[C@@H](c2ccccc2F)C1)C(N)=O. The number of rotatable bonds is 8. The second-order valence-electron chi connectivity index (χ2n) is 9.24. The minimum Gasteiger partial charge on any atom is -0.368 e. The van der Waals surface area contributed by atoms with Crippen LogP contribution in [0, 0.1) is 17.6 Å². The van der Waals surface area contributed by atoms with E-state index in [9.17, 15) is 22.0 Å². The summed E-state index contributed by atoms with van der Waals surface area (Å²) < 4.78 is 57.6. The lowest BCUT2D eigenvalue weighted by molar-refractivity contribution is -0.120. The van der Waals surface area contributed by atoms with Gasteiger partial charge >= 0.3 is 0 Å². The van der Waals surface area contributed by atoms with Gasteiger partial charge in [-0.05, 0) is 60.5 Å². The fourth-order valence-electron chi connectivity index (χ4n) is 4.11. The zero-order chi connectivity index (χ0) is 28.3. The number of hydrogen-bond donors (Lipinski definition) is 2. The first-order valence-corrected chi connectivity index (χ1v) is 13.8. The molecule has 1 aliphatic heterocycles. The highest BCUT2D eigenvalue weighted by atomic mass is 35.5. The smallest absolute Gasteiger partial charge is 0.263 e. The first kappa shape index (κ1) is 28.2. The van der Waals surface area contributed by atoms with E-state index >= 15 is 0 Å². The van der Waals surface area contributed by atoms with Gasteiger partial charge in [-0.1, -0.05) is 43.6 Å². The highest BCUT2D eigenvalue weighted by Crippen LogP contribution is 2.36. The van der Waals surface area contributed by atoms with Crippen LogP contribution in [-0.4, -0.2) is 31.9 Å². The average Bonchev–Trinajstić information content (AvgIpc) is 3.32. The van der Waals surface area contributed by atoms with Crippen molar-refractivity contribution in [2.45, 2.75) is 37.2 Å². The summed E-state index contributed by atoms with van der Waals surface area (Å²) in [7, 11) is -4.20. The molecule has 0 radical (unpaired) electrons. The topological polar surface area (TPSA) is 117 Å². The van der Waals surface area contributed by atoms with E-state index in [0.717, 1.165) is 0 Å². The number of sulfonamides is 1. The number of aliphatic imine (C=N–C) groups is 1. The molecule has 0 saturated heterocycles. The van der Waals surface area contributed by atoms with Crippen LogP contribution in [0.3, 0.4) is 0 Å². The Morgan fingerprint density at radius 1 is 1.08 bits per heavy atom. The summed E-state index contributed by atoms with van der Waals surface area (Å²) in [5.41, 5.74) is 6.44. The van der Waals surface area contributed by atoms with Crippen LogP contribution in [0.25, 0.3) is 0 Å². The Bertz CT molecular complexity index is 1530. The number of nitrogens with two attached hydrogens (primary N) is 1. The Hall–Kier alpha value is -3.83. The molecule has 3 N–H and O–H groups in total. The molecule has 0 unspecified atom stereocenters. The average molecular weight is 574 g/mol. The third kappa shape index (κ3) is 6.43. The quantitative estimate of drug-likeness (QED) is 0.297. The highest BCUT2D eigenvalue weighted by Gasteiger charge is 2.35. The maximum absolute atomic E-state index is 14.9. The number of primary amides is 1. The number of benzene rings is 3. The van der Waals surface area contributed by atoms with Crippen LogP contribution in [-0.2, 0) is 14.8 Å². The van der Waals surface area contributed by atoms with E-state index in [1.54, 1.807) is 32.0 Å². The molecule has 39 heavy (non-hydrogen) atoms. The molecule has 3 aromatic carbocycles. The van der Waals surface area contributed by atoms with Gasteiger partial charge in [0.25, 0.3) is 10.0 Å². The Labute approximate surface area is 230 Å². The summed E-state index contributed by atoms with van der Waals surface area (Å²) in [6.45, 7) is 3.43. The largest absolute Gasteiger partial charge is 0.368 e. The minimum atomic E-state index is -4.20. The number of hydrazone groups is 1. The summed E-state index contributed by atoms with van der Waals surface area (Å²) in [6, 6.07) is 15.2. The Morgan fingerprint density at radius 2 is 1.72 bits per heavy atom. The predicted molar refractivity (Wildman–Crippen MR) is 147 cm³/mol. The van der Waals surface area contributed by atoms with Crippen LogP contribution in [0.1, 0.15) is 31.9 Å².